The highest BCUT2D eigenvalue weighted by Gasteiger charge is 2.28. The third-order valence-corrected chi connectivity index (χ3v) is 5.23. The number of furan rings is 1. The molecule has 7 heteroatoms. The Hall–Kier alpha value is -3.48. The number of rotatable bonds is 5. The van der Waals surface area contributed by atoms with Gasteiger partial charge in [-0.3, -0.25) is 9.59 Å². The molecule has 30 heavy (non-hydrogen) atoms. The third kappa shape index (κ3) is 3.26. The number of carbonyl (C=O) groups is 2. The average Bonchev–Trinajstić information content (AvgIpc) is 3.09. The van der Waals surface area contributed by atoms with Crippen molar-refractivity contribution >= 4 is 22.7 Å². The van der Waals surface area contributed by atoms with E-state index in [2.05, 4.69) is 0 Å². The number of aryl methyl sites for hydroxylation is 1. The molecular formula is C23H22O7. The Morgan fingerprint density at radius 1 is 0.967 bits per heavy atom. The molecule has 0 saturated heterocycles. The van der Waals surface area contributed by atoms with Crippen molar-refractivity contribution in [3.8, 4) is 28.4 Å². The molecule has 0 bridgehead atoms. The van der Waals surface area contributed by atoms with Gasteiger partial charge in [-0.1, -0.05) is 0 Å². The first-order valence-corrected chi connectivity index (χ1v) is 9.52. The van der Waals surface area contributed by atoms with Crippen molar-refractivity contribution in [3.63, 3.8) is 0 Å². The maximum atomic E-state index is 12.9. The highest BCUT2D eigenvalue weighted by atomic mass is 16.5. The monoisotopic (exact) mass is 410 g/mol. The standard InChI is InChI=1S/C23H22O7/c1-12(24)29-11-15-7-14-8-17-16(10-19(14)30-15)18(25)6-5-13-9-20(26-2)22(27-3)23(28-4)21(13)17/h7-10H,5-6,11H2,1-4H3. The van der Waals surface area contributed by atoms with Crippen LogP contribution in [0.3, 0.4) is 0 Å². The van der Waals surface area contributed by atoms with Gasteiger partial charge in [0.15, 0.2) is 17.3 Å². The van der Waals surface area contributed by atoms with Gasteiger partial charge in [0.25, 0.3) is 0 Å². The first-order valence-electron chi connectivity index (χ1n) is 9.52. The van der Waals surface area contributed by atoms with E-state index in [0.717, 1.165) is 22.1 Å². The minimum atomic E-state index is -0.388. The van der Waals surface area contributed by atoms with Gasteiger partial charge in [0.2, 0.25) is 5.75 Å². The molecule has 0 saturated carbocycles. The number of hydrogen-bond donors (Lipinski definition) is 0. The molecule has 156 valence electrons. The zero-order chi connectivity index (χ0) is 21.4. The number of hydrogen-bond acceptors (Lipinski definition) is 7. The predicted octanol–water partition coefficient (Wildman–Crippen LogP) is 4.32. The Balaban J connectivity index is 1.96. The maximum absolute atomic E-state index is 12.9. The fourth-order valence-electron chi connectivity index (χ4n) is 3.91. The molecule has 0 spiro atoms. The van der Waals surface area contributed by atoms with Gasteiger partial charge in [-0.2, -0.15) is 0 Å². The quantitative estimate of drug-likeness (QED) is 0.579. The van der Waals surface area contributed by atoms with E-state index in [-0.39, 0.29) is 18.4 Å². The molecule has 1 aliphatic rings. The molecule has 1 aliphatic carbocycles. The fraction of sp³-hybridized carbons (Fsp3) is 0.304. The summed E-state index contributed by atoms with van der Waals surface area (Å²) in [5, 5.41) is 0.799. The molecule has 0 atom stereocenters. The van der Waals surface area contributed by atoms with Crippen LogP contribution in [0.5, 0.6) is 17.2 Å². The normalized spacial score (nSPS) is 12.7. The van der Waals surface area contributed by atoms with E-state index >= 15 is 0 Å². The van der Waals surface area contributed by atoms with E-state index in [4.69, 9.17) is 23.4 Å². The van der Waals surface area contributed by atoms with Crippen molar-refractivity contribution in [1.82, 2.24) is 0 Å². The van der Waals surface area contributed by atoms with Gasteiger partial charge in [-0.25, -0.2) is 0 Å². The molecule has 0 radical (unpaired) electrons. The molecule has 1 heterocycles. The number of fused-ring (bicyclic) bond motifs is 4. The first kappa shape index (κ1) is 19.8. The summed E-state index contributed by atoms with van der Waals surface area (Å²) in [5.41, 5.74) is 3.62. The van der Waals surface area contributed by atoms with Gasteiger partial charge >= 0.3 is 5.97 Å². The second-order valence-electron chi connectivity index (χ2n) is 7.03. The van der Waals surface area contributed by atoms with Gasteiger partial charge in [0.05, 0.1) is 21.3 Å². The van der Waals surface area contributed by atoms with Gasteiger partial charge in [-0.15, -0.1) is 0 Å². The van der Waals surface area contributed by atoms with Crippen LogP contribution in [0, 0.1) is 0 Å². The Bertz CT molecular complexity index is 1160. The van der Waals surface area contributed by atoms with Crippen LogP contribution in [-0.2, 0) is 22.6 Å². The van der Waals surface area contributed by atoms with Gasteiger partial charge in [0.1, 0.15) is 18.0 Å². The van der Waals surface area contributed by atoms with E-state index in [9.17, 15) is 9.59 Å². The third-order valence-electron chi connectivity index (χ3n) is 5.23. The van der Waals surface area contributed by atoms with E-state index in [1.807, 2.05) is 12.1 Å². The predicted molar refractivity (Wildman–Crippen MR) is 109 cm³/mol. The van der Waals surface area contributed by atoms with Crippen molar-refractivity contribution in [2.24, 2.45) is 0 Å². The molecular weight excluding hydrogens is 388 g/mol. The number of ketones is 1. The Morgan fingerprint density at radius 2 is 1.73 bits per heavy atom. The molecule has 4 rings (SSSR count). The van der Waals surface area contributed by atoms with Crippen LogP contribution in [0.2, 0.25) is 0 Å². The molecule has 0 aliphatic heterocycles. The number of benzene rings is 2. The Labute approximate surface area is 173 Å². The fourth-order valence-corrected chi connectivity index (χ4v) is 3.91. The molecule has 3 aromatic rings. The minimum absolute atomic E-state index is 0.0148. The molecule has 7 nitrogen and oxygen atoms in total. The van der Waals surface area contributed by atoms with Crippen molar-refractivity contribution in [3.05, 3.63) is 41.2 Å². The highest BCUT2D eigenvalue weighted by Crippen LogP contribution is 2.49. The molecule has 0 amide bonds. The van der Waals surface area contributed by atoms with Crippen molar-refractivity contribution in [1.29, 1.82) is 0 Å². The number of Topliss-reactive ketones (excluding diaryl/α,β-unsaturated/α-hetero) is 1. The molecule has 2 aromatic carbocycles. The summed E-state index contributed by atoms with van der Waals surface area (Å²) in [6.07, 6.45) is 0.907. The van der Waals surface area contributed by atoms with Crippen LogP contribution in [0.4, 0.5) is 0 Å². The highest BCUT2D eigenvalue weighted by molar-refractivity contribution is 6.08. The van der Waals surface area contributed by atoms with Crippen molar-refractivity contribution in [2.75, 3.05) is 21.3 Å². The topological polar surface area (TPSA) is 84.2 Å². The number of methoxy groups -OCH3 is 3. The lowest BCUT2D eigenvalue weighted by atomic mass is 9.93. The smallest absolute Gasteiger partial charge is 0.303 e. The van der Waals surface area contributed by atoms with Crippen LogP contribution >= 0.6 is 0 Å². The lowest BCUT2D eigenvalue weighted by Gasteiger charge is -2.19. The average molecular weight is 410 g/mol. The number of ether oxygens (including phenoxy) is 4. The maximum Gasteiger partial charge on any atom is 0.303 e. The van der Waals surface area contributed by atoms with Crippen molar-refractivity contribution < 1.29 is 33.0 Å². The summed E-state index contributed by atoms with van der Waals surface area (Å²) in [7, 11) is 4.69. The number of esters is 1. The van der Waals surface area contributed by atoms with Crippen LogP contribution in [0.25, 0.3) is 22.1 Å². The largest absolute Gasteiger partial charge is 0.493 e. The van der Waals surface area contributed by atoms with Crippen LogP contribution in [-0.4, -0.2) is 33.1 Å². The summed E-state index contributed by atoms with van der Waals surface area (Å²) >= 11 is 0. The molecule has 0 N–H and O–H groups in total. The zero-order valence-electron chi connectivity index (χ0n) is 17.3. The number of carbonyl (C=O) groups excluding carboxylic acids is 2. The van der Waals surface area contributed by atoms with E-state index < -0.39 is 0 Å². The van der Waals surface area contributed by atoms with Crippen LogP contribution in [0.1, 0.15) is 35.0 Å². The summed E-state index contributed by atoms with van der Waals surface area (Å²) in [6.45, 7) is 1.38. The summed E-state index contributed by atoms with van der Waals surface area (Å²) in [6, 6.07) is 7.35. The summed E-state index contributed by atoms with van der Waals surface area (Å²) < 4.78 is 27.6. The van der Waals surface area contributed by atoms with Gasteiger partial charge < -0.3 is 23.4 Å². The van der Waals surface area contributed by atoms with E-state index in [1.165, 1.54) is 6.92 Å². The lowest BCUT2D eigenvalue weighted by Crippen LogP contribution is -2.00. The summed E-state index contributed by atoms with van der Waals surface area (Å²) in [4.78, 5) is 24.0. The SMILES string of the molecule is COc1cc2c(c(OC)c1OC)-c1cc3cc(COC(C)=O)oc3cc1C(=O)CC2. The molecule has 0 fully saturated rings. The van der Waals surface area contributed by atoms with Gasteiger partial charge in [-0.05, 0) is 41.8 Å². The lowest BCUT2D eigenvalue weighted by molar-refractivity contribution is -0.142. The van der Waals surface area contributed by atoms with E-state index in [1.54, 1.807) is 33.5 Å². The molecule has 0 unspecified atom stereocenters. The van der Waals surface area contributed by atoms with Crippen LogP contribution in [0.15, 0.2) is 28.7 Å². The van der Waals surface area contributed by atoms with Crippen molar-refractivity contribution in [2.45, 2.75) is 26.4 Å². The van der Waals surface area contributed by atoms with Gasteiger partial charge in [0, 0.05) is 29.9 Å². The second kappa shape index (κ2) is 7.74. The zero-order valence-corrected chi connectivity index (χ0v) is 17.3. The molecule has 1 aromatic heterocycles. The van der Waals surface area contributed by atoms with E-state index in [0.29, 0.717) is 47.0 Å². The Kier molecular flexibility index (Phi) is 5.11. The summed E-state index contributed by atoms with van der Waals surface area (Å²) in [5.74, 6) is 1.68. The second-order valence-corrected chi connectivity index (χ2v) is 7.03. The first-order chi connectivity index (χ1) is 14.5. The Morgan fingerprint density at radius 3 is 2.40 bits per heavy atom. The van der Waals surface area contributed by atoms with Crippen LogP contribution < -0.4 is 14.2 Å². The minimum Gasteiger partial charge on any atom is -0.493 e.